The minimum atomic E-state index is -0.199. The second-order valence-corrected chi connectivity index (χ2v) is 4.46. The van der Waals surface area contributed by atoms with Gasteiger partial charge in [-0.25, -0.2) is 4.39 Å². The molecule has 1 atom stereocenters. The van der Waals surface area contributed by atoms with Crippen molar-refractivity contribution in [2.24, 2.45) is 5.92 Å². The molecule has 0 spiro atoms. The monoisotopic (exact) mass is 223 g/mol. The van der Waals surface area contributed by atoms with E-state index in [2.05, 4.69) is 5.32 Å². The summed E-state index contributed by atoms with van der Waals surface area (Å²) in [5.74, 6) is 1.18. The third-order valence-electron chi connectivity index (χ3n) is 3.08. The maximum Gasteiger partial charge on any atom is 0.131 e. The van der Waals surface area contributed by atoms with Crippen LogP contribution in [0, 0.1) is 11.7 Å². The summed E-state index contributed by atoms with van der Waals surface area (Å²) >= 11 is 0. The molecule has 2 rings (SSSR count). The Hall–Kier alpha value is -1.09. The summed E-state index contributed by atoms with van der Waals surface area (Å²) in [4.78, 5) is 0. The molecular formula is C13H18FNO. The molecule has 0 amide bonds. The van der Waals surface area contributed by atoms with Gasteiger partial charge in [0, 0.05) is 17.7 Å². The first-order valence-corrected chi connectivity index (χ1v) is 5.77. The minimum absolute atomic E-state index is 0.0616. The number of hydrogen-bond acceptors (Lipinski definition) is 2. The Morgan fingerprint density at radius 3 is 2.81 bits per heavy atom. The van der Waals surface area contributed by atoms with Gasteiger partial charge in [0.2, 0.25) is 0 Å². The predicted octanol–water partition coefficient (Wildman–Crippen LogP) is 2.89. The Bertz CT molecular complexity index is 363. The number of benzene rings is 1. The van der Waals surface area contributed by atoms with Crippen LogP contribution in [-0.2, 0) is 0 Å². The van der Waals surface area contributed by atoms with Gasteiger partial charge in [-0.1, -0.05) is 6.07 Å². The first-order chi connectivity index (χ1) is 7.70. The predicted molar refractivity (Wildman–Crippen MR) is 62.1 cm³/mol. The Kier molecular flexibility index (Phi) is 3.44. The quantitative estimate of drug-likeness (QED) is 0.828. The molecule has 1 fully saturated rings. The number of ether oxygens (including phenoxy) is 1. The molecule has 1 unspecified atom stereocenters. The van der Waals surface area contributed by atoms with Crippen LogP contribution in [0.3, 0.4) is 0 Å². The van der Waals surface area contributed by atoms with Crippen LogP contribution < -0.4 is 10.1 Å². The third-order valence-corrected chi connectivity index (χ3v) is 3.08. The standard InChI is InChI=1S/C13H18FNO/c1-9(15-8-10-3-4-10)12-6-5-11(16-2)7-13(12)14/h5-7,9-10,15H,3-4,8H2,1-2H3. The maximum atomic E-state index is 13.7. The normalized spacial score (nSPS) is 17.2. The van der Waals surface area contributed by atoms with Crippen molar-refractivity contribution >= 4 is 0 Å². The van der Waals surface area contributed by atoms with Crippen LogP contribution in [0.1, 0.15) is 31.4 Å². The Morgan fingerprint density at radius 1 is 1.50 bits per heavy atom. The van der Waals surface area contributed by atoms with Crippen molar-refractivity contribution < 1.29 is 9.13 Å². The average molecular weight is 223 g/mol. The summed E-state index contributed by atoms with van der Waals surface area (Å²) in [5.41, 5.74) is 0.710. The fraction of sp³-hybridized carbons (Fsp3) is 0.538. The Morgan fingerprint density at radius 2 is 2.25 bits per heavy atom. The second-order valence-electron chi connectivity index (χ2n) is 4.46. The van der Waals surface area contributed by atoms with Crippen LogP contribution in [0.25, 0.3) is 0 Å². The summed E-state index contributed by atoms with van der Waals surface area (Å²) in [6.07, 6.45) is 2.62. The van der Waals surface area contributed by atoms with E-state index in [-0.39, 0.29) is 11.9 Å². The Labute approximate surface area is 95.8 Å². The molecule has 1 aliphatic rings. The molecule has 88 valence electrons. The first kappa shape index (κ1) is 11.4. The smallest absolute Gasteiger partial charge is 0.131 e. The molecule has 0 bridgehead atoms. The van der Waals surface area contributed by atoms with Crippen molar-refractivity contribution in [1.82, 2.24) is 5.32 Å². The Balaban J connectivity index is 2.00. The van der Waals surface area contributed by atoms with Gasteiger partial charge in [-0.05, 0) is 38.3 Å². The number of halogens is 1. The van der Waals surface area contributed by atoms with Crippen molar-refractivity contribution in [1.29, 1.82) is 0 Å². The van der Waals surface area contributed by atoms with E-state index in [0.29, 0.717) is 11.3 Å². The minimum Gasteiger partial charge on any atom is -0.497 e. The fourth-order valence-corrected chi connectivity index (χ4v) is 1.76. The van der Waals surface area contributed by atoms with E-state index in [1.54, 1.807) is 19.2 Å². The second kappa shape index (κ2) is 4.83. The zero-order chi connectivity index (χ0) is 11.5. The van der Waals surface area contributed by atoms with E-state index in [4.69, 9.17) is 4.74 Å². The van der Waals surface area contributed by atoms with Gasteiger partial charge in [0.25, 0.3) is 0 Å². The highest BCUT2D eigenvalue weighted by Gasteiger charge is 2.22. The number of rotatable bonds is 5. The molecule has 1 aromatic carbocycles. The largest absolute Gasteiger partial charge is 0.497 e. The van der Waals surface area contributed by atoms with Crippen LogP contribution in [0.2, 0.25) is 0 Å². The number of hydrogen-bond donors (Lipinski definition) is 1. The zero-order valence-corrected chi connectivity index (χ0v) is 9.79. The van der Waals surface area contributed by atoms with Gasteiger partial charge < -0.3 is 10.1 Å². The summed E-state index contributed by atoms with van der Waals surface area (Å²) in [7, 11) is 1.54. The zero-order valence-electron chi connectivity index (χ0n) is 9.79. The molecular weight excluding hydrogens is 205 g/mol. The van der Waals surface area contributed by atoms with E-state index in [1.165, 1.54) is 18.9 Å². The molecule has 1 aliphatic carbocycles. The number of methoxy groups -OCH3 is 1. The van der Waals surface area contributed by atoms with Crippen molar-refractivity contribution in [3.05, 3.63) is 29.6 Å². The van der Waals surface area contributed by atoms with E-state index in [0.717, 1.165) is 12.5 Å². The molecule has 1 saturated carbocycles. The van der Waals surface area contributed by atoms with Crippen LogP contribution in [0.4, 0.5) is 4.39 Å². The highest BCUT2D eigenvalue weighted by molar-refractivity contribution is 5.30. The lowest BCUT2D eigenvalue weighted by Crippen LogP contribution is -2.21. The van der Waals surface area contributed by atoms with Gasteiger partial charge in [0.15, 0.2) is 0 Å². The van der Waals surface area contributed by atoms with Gasteiger partial charge >= 0.3 is 0 Å². The van der Waals surface area contributed by atoms with Crippen LogP contribution in [0.15, 0.2) is 18.2 Å². The first-order valence-electron chi connectivity index (χ1n) is 5.77. The molecule has 16 heavy (non-hydrogen) atoms. The van der Waals surface area contributed by atoms with Crippen molar-refractivity contribution in [2.45, 2.75) is 25.8 Å². The molecule has 0 heterocycles. The van der Waals surface area contributed by atoms with Crippen molar-refractivity contribution in [2.75, 3.05) is 13.7 Å². The van der Waals surface area contributed by atoms with E-state index >= 15 is 0 Å². The molecule has 3 heteroatoms. The van der Waals surface area contributed by atoms with E-state index in [9.17, 15) is 4.39 Å². The van der Waals surface area contributed by atoms with Gasteiger partial charge in [0.05, 0.1) is 7.11 Å². The lowest BCUT2D eigenvalue weighted by atomic mass is 10.1. The molecule has 0 aliphatic heterocycles. The SMILES string of the molecule is COc1ccc(C(C)NCC2CC2)c(F)c1. The summed E-state index contributed by atoms with van der Waals surface area (Å²) in [6, 6.07) is 5.09. The summed E-state index contributed by atoms with van der Waals surface area (Å²) in [6.45, 7) is 2.99. The third kappa shape index (κ3) is 2.73. The highest BCUT2D eigenvalue weighted by Crippen LogP contribution is 2.29. The average Bonchev–Trinajstić information content (AvgIpc) is 3.09. The molecule has 1 aromatic rings. The molecule has 0 radical (unpaired) electrons. The van der Waals surface area contributed by atoms with Crippen LogP contribution >= 0.6 is 0 Å². The topological polar surface area (TPSA) is 21.3 Å². The molecule has 0 saturated heterocycles. The summed E-state index contributed by atoms with van der Waals surface area (Å²) < 4.78 is 18.7. The molecule has 1 N–H and O–H groups in total. The van der Waals surface area contributed by atoms with Crippen LogP contribution in [-0.4, -0.2) is 13.7 Å². The van der Waals surface area contributed by atoms with Gasteiger partial charge in [-0.15, -0.1) is 0 Å². The van der Waals surface area contributed by atoms with Crippen molar-refractivity contribution in [3.63, 3.8) is 0 Å². The summed E-state index contributed by atoms with van der Waals surface area (Å²) in [5, 5.41) is 3.36. The van der Waals surface area contributed by atoms with Gasteiger partial charge in [0.1, 0.15) is 11.6 Å². The molecule has 2 nitrogen and oxygen atoms in total. The van der Waals surface area contributed by atoms with Gasteiger partial charge in [-0.3, -0.25) is 0 Å². The fourth-order valence-electron chi connectivity index (χ4n) is 1.76. The molecule has 0 aromatic heterocycles. The lowest BCUT2D eigenvalue weighted by molar-refractivity contribution is 0.409. The van der Waals surface area contributed by atoms with E-state index in [1.807, 2.05) is 6.92 Å². The maximum absolute atomic E-state index is 13.7. The lowest BCUT2D eigenvalue weighted by Gasteiger charge is -2.15. The number of nitrogens with one attached hydrogen (secondary N) is 1. The van der Waals surface area contributed by atoms with Crippen LogP contribution in [0.5, 0.6) is 5.75 Å². The van der Waals surface area contributed by atoms with Gasteiger partial charge in [-0.2, -0.15) is 0 Å². The van der Waals surface area contributed by atoms with Crippen molar-refractivity contribution in [3.8, 4) is 5.75 Å². The van der Waals surface area contributed by atoms with E-state index < -0.39 is 0 Å². The highest BCUT2D eigenvalue weighted by atomic mass is 19.1.